The van der Waals surface area contributed by atoms with E-state index in [4.69, 9.17) is 14.5 Å². The van der Waals surface area contributed by atoms with Crippen LogP contribution in [0.4, 0.5) is 0 Å². The first-order valence-electron chi connectivity index (χ1n) is 10.6. The quantitative estimate of drug-likeness (QED) is 0.352. The van der Waals surface area contributed by atoms with Gasteiger partial charge in [-0.1, -0.05) is 0 Å². The fourth-order valence-electron chi connectivity index (χ4n) is 3.65. The molecule has 2 atom stereocenters. The average Bonchev–Trinajstić information content (AvgIpc) is 3.16. The van der Waals surface area contributed by atoms with Crippen LogP contribution in [-0.2, 0) is 9.47 Å². The third kappa shape index (κ3) is 8.23. The van der Waals surface area contributed by atoms with Gasteiger partial charge >= 0.3 is 0 Å². The summed E-state index contributed by atoms with van der Waals surface area (Å²) in [6.07, 6.45) is 6.22. The third-order valence-corrected chi connectivity index (χ3v) is 5.22. The lowest BCUT2D eigenvalue weighted by atomic mass is 9.97. The molecule has 0 aromatic rings. The summed E-state index contributed by atoms with van der Waals surface area (Å²) in [6, 6.07) is 0.641. The van der Waals surface area contributed by atoms with Crippen molar-refractivity contribution in [2.75, 3.05) is 52.5 Å². The van der Waals surface area contributed by atoms with Crippen molar-refractivity contribution < 1.29 is 9.47 Å². The van der Waals surface area contributed by atoms with Gasteiger partial charge in [0.2, 0.25) is 0 Å². The van der Waals surface area contributed by atoms with E-state index < -0.39 is 0 Å². The van der Waals surface area contributed by atoms with E-state index in [0.717, 1.165) is 58.3 Å². The Kier molecular flexibility index (Phi) is 10.3. The second-order valence-electron chi connectivity index (χ2n) is 7.81. The van der Waals surface area contributed by atoms with Crippen LogP contribution in [0.5, 0.6) is 0 Å². The summed E-state index contributed by atoms with van der Waals surface area (Å²) in [4.78, 5) is 7.40. The van der Waals surface area contributed by atoms with Crippen molar-refractivity contribution in [2.45, 2.75) is 65.0 Å². The van der Waals surface area contributed by atoms with E-state index in [1.54, 1.807) is 0 Å². The molecule has 0 saturated carbocycles. The van der Waals surface area contributed by atoms with E-state index in [0.29, 0.717) is 18.1 Å². The Labute approximate surface area is 160 Å². The van der Waals surface area contributed by atoms with Crippen LogP contribution >= 0.6 is 0 Å². The summed E-state index contributed by atoms with van der Waals surface area (Å²) < 4.78 is 11.3. The number of nitrogens with one attached hydrogen (secondary N) is 2. The number of aliphatic imine (C=N–C) groups is 1. The predicted octanol–water partition coefficient (Wildman–Crippen LogP) is 2.25. The Morgan fingerprint density at radius 3 is 2.88 bits per heavy atom. The standard InChI is InChI=1S/C20H40N4O2/c1-4-21-20(22-10-7-12-25-16-19-9-6-13-26-19)23-14-18-8-5-11-24(15-18)17(2)3/h17-19H,4-16H2,1-3H3,(H2,21,22,23). The highest BCUT2D eigenvalue weighted by Gasteiger charge is 2.21. The maximum Gasteiger partial charge on any atom is 0.191 e. The van der Waals surface area contributed by atoms with Crippen molar-refractivity contribution in [1.29, 1.82) is 0 Å². The van der Waals surface area contributed by atoms with Gasteiger partial charge in [0.1, 0.15) is 0 Å². The molecule has 0 aromatic carbocycles. The highest BCUT2D eigenvalue weighted by molar-refractivity contribution is 5.79. The first-order chi connectivity index (χ1) is 12.7. The van der Waals surface area contributed by atoms with Gasteiger partial charge in [-0.25, -0.2) is 0 Å². The van der Waals surface area contributed by atoms with Crippen LogP contribution in [0.25, 0.3) is 0 Å². The van der Waals surface area contributed by atoms with Gasteiger partial charge in [0, 0.05) is 45.4 Å². The van der Waals surface area contributed by atoms with E-state index in [2.05, 4.69) is 36.3 Å². The molecular formula is C20H40N4O2. The minimum absolute atomic E-state index is 0.322. The largest absolute Gasteiger partial charge is 0.379 e. The zero-order chi connectivity index (χ0) is 18.6. The van der Waals surface area contributed by atoms with Crippen LogP contribution in [0.15, 0.2) is 4.99 Å². The smallest absolute Gasteiger partial charge is 0.191 e. The van der Waals surface area contributed by atoms with Crippen LogP contribution in [0.3, 0.4) is 0 Å². The van der Waals surface area contributed by atoms with Gasteiger partial charge in [0.25, 0.3) is 0 Å². The molecule has 2 fully saturated rings. The van der Waals surface area contributed by atoms with E-state index in [-0.39, 0.29) is 0 Å². The van der Waals surface area contributed by atoms with Gasteiger partial charge in [-0.05, 0) is 65.3 Å². The molecule has 0 amide bonds. The molecule has 2 saturated heterocycles. The fourth-order valence-corrected chi connectivity index (χ4v) is 3.65. The fraction of sp³-hybridized carbons (Fsp3) is 0.950. The van der Waals surface area contributed by atoms with Gasteiger partial charge in [-0.3, -0.25) is 4.99 Å². The summed E-state index contributed by atoms with van der Waals surface area (Å²) in [5, 5.41) is 6.79. The minimum Gasteiger partial charge on any atom is -0.379 e. The number of ether oxygens (including phenoxy) is 2. The molecule has 2 heterocycles. The first kappa shape index (κ1) is 21.5. The minimum atomic E-state index is 0.322. The van der Waals surface area contributed by atoms with E-state index in [1.807, 2.05) is 0 Å². The van der Waals surface area contributed by atoms with Crippen molar-refractivity contribution in [3.8, 4) is 0 Å². The number of hydrogen-bond acceptors (Lipinski definition) is 4. The topological polar surface area (TPSA) is 58.1 Å². The molecule has 0 radical (unpaired) electrons. The van der Waals surface area contributed by atoms with Gasteiger partial charge in [0.15, 0.2) is 5.96 Å². The van der Waals surface area contributed by atoms with Gasteiger partial charge in [-0.2, -0.15) is 0 Å². The van der Waals surface area contributed by atoms with Gasteiger partial charge < -0.3 is 25.0 Å². The SMILES string of the molecule is CCNC(=NCC1CCCN(C(C)C)C1)NCCCOCC1CCCO1. The van der Waals surface area contributed by atoms with E-state index >= 15 is 0 Å². The number of piperidine rings is 1. The van der Waals surface area contributed by atoms with Crippen LogP contribution < -0.4 is 10.6 Å². The lowest BCUT2D eigenvalue weighted by Crippen LogP contribution is -2.42. The van der Waals surface area contributed by atoms with Crippen molar-refractivity contribution in [3.05, 3.63) is 0 Å². The summed E-state index contributed by atoms with van der Waals surface area (Å²) in [6.45, 7) is 14.2. The molecule has 0 aromatic heterocycles. The monoisotopic (exact) mass is 368 g/mol. The molecule has 6 heteroatoms. The molecule has 0 aliphatic carbocycles. The Balaban J connectivity index is 1.60. The summed E-state index contributed by atoms with van der Waals surface area (Å²) in [5.74, 6) is 1.62. The Morgan fingerprint density at radius 2 is 2.15 bits per heavy atom. The zero-order valence-electron chi connectivity index (χ0n) is 17.1. The van der Waals surface area contributed by atoms with Crippen LogP contribution in [0.2, 0.25) is 0 Å². The number of hydrogen-bond donors (Lipinski definition) is 2. The number of nitrogens with zero attached hydrogens (tertiary/aromatic N) is 2. The Hall–Kier alpha value is -0.850. The lowest BCUT2D eigenvalue weighted by Gasteiger charge is -2.34. The normalized spacial score (nSPS) is 25.0. The molecule has 2 aliphatic rings. The average molecular weight is 369 g/mol. The van der Waals surface area contributed by atoms with Crippen LogP contribution in [0, 0.1) is 5.92 Å². The van der Waals surface area contributed by atoms with Crippen molar-refractivity contribution >= 4 is 5.96 Å². The number of rotatable bonds is 10. The maximum atomic E-state index is 5.72. The maximum absolute atomic E-state index is 5.72. The molecule has 2 unspecified atom stereocenters. The number of likely N-dealkylation sites (tertiary alicyclic amines) is 1. The summed E-state index contributed by atoms with van der Waals surface area (Å²) in [5.41, 5.74) is 0. The molecule has 0 bridgehead atoms. The first-order valence-corrected chi connectivity index (χ1v) is 10.6. The predicted molar refractivity (Wildman–Crippen MR) is 108 cm³/mol. The summed E-state index contributed by atoms with van der Waals surface area (Å²) >= 11 is 0. The van der Waals surface area contributed by atoms with Crippen molar-refractivity contribution in [3.63, 3.8) is 0 Å². The molecule has 26 heavy (non-hydrogen) atoms. The Morgan fingerprint density at radius 1 is 1.27 bits per heavy atom. The highest BCUT2D eigenvalue weighted by Crippen LogP contribution is 2.18. The van der Waals surface area contributed by atoms with Crippen molar-refractivity contribution in [1.82, 2.24) is 15.5 Å². The number of guanidine groups is 1. The molecule has 6 nitrogen and oxygen atoms in total. The second-order valence-corrected chi connectivity index (χ2v) is 7.81. The van der Waals surface area contributed by atoms with Crippen molar-refractivity contribution in [2.24, 2.45) is 10.9 Å². The van der Waals surface area contributed by atoms with Crippen LogP contribution in [-0.4, -0.2) is 75.5 Å². The zero-order valence-corrected chi connectivity index (χ0v) is 17.1. The second kappa shape index (κ2) is 12.5. The van der Waals surface area contributed by atoms with E-state index in [9.17, 15) is 0 Å². The van der Waals surface area contributed by atoms with Gasteiger partial charge in [0.05, 0.1) is 12.7 Å². The Bertz CT molecular complexity index is 397. The van der Waals surface area contributed by atoms with E-state index in [1.165, 1.54) is 32.4 Å². The molecule has 2 aliphatic heterocycles. The summed E-state index contributed by atoms with van der Waals surface area (Å²) in [7, 11) is 0. The van der Waals surface area contributed by atoms with Gasteiger partial charge in [-0.15, -0.1) is 0 Å². The molecular weight excluding hydrogens is 328 g/mol. The molecule has 152 valence electrons. The molecule has 2 N–H and O–H groups in total. The lowest BCUT2D eigenvalue weighted by molar-refractivity contribution is 0.0168. The van der Waals surface area contributed by atoms with Crippen LogP contribution in [0.1, 0.15) is 52.9 Å². The molecule has 2 rings (SSSR count). The third-order valence-electron chi connectivity index (χ3n) is 5.22. The highest BCUT2D eigenvalue weighted by atomic mass is 16.5. The molecule has 0 spiro atoms.